The first-order chi connectivity index (χ1) is 9.56. The van der Waals surface area contributed by atoms with Crippen molar-refractivity contribution in [2.45, 2.75) is 26.8 Å². The maximum Gasteiger partial charge on any atom is 0.335 e. The molecule has 0 bridgehead atoms. The highest BCUT2D eigenvalue weighted by atomic mass is 16.5. The summed E-state index contributed by atoms with van der Waals surface area (Å²) in [6.07, 6.45) is 0.986. The van der Waals surface area contributed by atoms with E-state index in [-0.39, 0.29) is 0 Å². The second kappa shape index (κ2) is 6.86. The molecule has 0 saturated carbocycles. The van der Waals surface area contributed by atoms with Crippen LogP contribution in [0.3, 0.4) is 0 Å². The molecule has 0 radical (unpaired) electrons. The Kier molecular flexibility index (Phi) is 5.15. The summed E-state index contributed by atoms with van der Waals surface area (Å²) in [5, 5.41) is 9.04. The topological polar surface area (TPSA) is 49.8 Å². The average Bonchev–Trinajstić information content (AvgIpc) is 2.42. The van der Waals surface area contributed by atoms with Gasteiger partial charge < -0.3 is 9.84 Å². The van der Waals surface area contributed by atoms with Gasteiger partial charge in [-0.3, -0.25) is 4.90 Å². The van der Waals surface area contributed by atoms with Crippen LogP contribution in [0.2, 0.25) is 0 Å². The van der Waals surface area contributed by atoms with Crippen LogP contribution >= 0.6 is 0 Å². The van der Waals surface area contributed by atoms with Crippen molar-refractivity contribution < 1.29 is 14.6 Å². The van der Waals surface area contributed by atoms with Crippen LogP contribution in [0.15, 0.2) is 18.2 Å². The van der Waals surface area contributed by atoms with E-state index in [1.807, 2.05) is 6.07 Å². The van der Waals surface area contributed by atoms with Gasteiger partial charge in [-0.1, -0.05) is 19.9 Å². The molecular formula is C16H23NO3. The minimum Gasteiger partial charge on any atom is -0.478 e. The van der Waals surface area contributed by atoms with E-state index < -0.39 is 5.97 Å². The number of benzene rings is 1. The van der Waals surface area contributed by atoms with Crippen LogP contribution in [-0.4, -0.2) is 42.3 Å². The van der Waals surface area contributed by atoms with Gasteiger partial charge in [0.2, 0.25) is 0 Å². The van der Waals surface area contributed by atoms with Gasteiger partial charge in [-0.2, -0.15) is 0 Å². The third-order valence-electron chi connectivity index (χ3n) is 3.55. The van der Waals surface area contributed by atoms with E-state index in [2.05, 4.69) is 18.7 Å². The van der Waals surface area contributed by atoms with Crippen LogP contribution in [-0.2, 0) is 17.7 Å². The predicted octanol–water partition coefficient (Wildman–Crippen LogP) is 2.42. The Morgan fingerprint density at radius 3 is 2.90 bits per heavy atom. The van der Waals surface area contributed by atoms with Crippen molar-refractivity contribution in [3.63, 3.8) is 0 Å². The largest absolute Gasteiger partial charge is 0.478 e. The van der Waals surface area contributed by atoms with Crippen LogP contribution in [0.5, 0.6) is 0 Å². The van der Waals surface area contributed by atoms with E-state index in [4.69, 9.17) is 9.84 Å². The number of carboxylic acids is 1. The van der Waals surface area contributed by atoms with Gasteiger partial charge in [0.15, 0.2) is 0 Å². The van der Waals surface area contributed by atoms with Crippen molar-refractivity contribution in [1.82, 2.24) is 4.90 Å². The van der Waals surface area contributed by atoms with Gasteiger partial charge in [0.05, 0.1) is 12.2 Å². The molecule has 0 aromatic heterocycles. The minimum atomic E-state index is -0.856. The Hall–Kier alpha value is -1.39. The zero-order valence-electron chi connectivity index (χ0n) is 12.3. The van der Waals surface area contributed by atoms with Gasteiger partial charge in [-0.05, 0) is 35.6 Å². The second-order valence-electron chi connectivity index (χ2n) is 5.78. The van der Waals surface area contributed by atoms with E-state index in [9.17, 15) is 4.79 Å². The number of hydrogen-bond acceptors (Lipinski definition) is 3. The zero-order valence-corrected chi connectivity index (χ0v) is 12.3. The van der Waals surface area contributed by atoms with E-state index >= 15 is 0 Å². The van der Waals surface area contributed by atoms with Gasteiger partial charge >= 0.3 is 5.97 Å². The SMILES string of the molecule is CC(C)COCCN1CCc2ccc(C(=O)O)cc2C1. The molecule has 0 spiro atoms. The van der Waals surface area contributed by atoms with Crippen molar-refractivity contribution in [2.75, 3.05) is 26.3 Å². The Morgan fingerprint density at radius 2 is 2.20 bits per heavy atom. The standard InChI is InChI=1S/C16H23NO3/c1-12(2)11-20-8-7-17-6-5-13-3-4-14(16(18)19)9-15(13)10-17/h3-4,9,12H,5-8,10-11H2,1-2H3,(H,18,19). The average molecular weight is 277 g/mol. The number of aromatic carboxylic acids is 1. The molecule has 0 saturated heterocycles. The highest BCUT2D eigenvalue weighted by Gasteiger charge is 2.17. The monoisotopic (exact) mass is 277 g/mol. The van der Waals surface area contributed by atoms with E-state index in [0.717, 1.165) is 44.8 Å². The van der Waals surface area contributed by atoms with Crippen molar-refractivity contribution in [3.8, 4) is 0 Å². The van der Waals surface area contributed by atoms with Crippen molar-refractivity contribution in [1.29, 1.82) is 0 Å². The fourth-order valence-corrected chi connectivity index (χ4v) is 2.45. The lowest BCUT2D eigenvalue weighted by atomic mass is 9.97. The second-order valence-corrected chi connectivity index (χ2v) is 5.78. The minimum absolute atomic E-state index is 0.377. The molecule has 1 N–H and O–H groups in total. The quantitative estimate of drug-likeness (QED) is 0.811. The molecule has 4 heteroatoms. The predicted molar refractivity (Wildman–Crippen MR) is 78.0 cm³/mol. The van der Waals surface area contributed by atoms with Crippen LogP contribution in [0.1, 0.15) is 35.3 Å². The number of carboxylic acid groups (broad SMARTS) is 1. The molecule has 1 aliphatic rings. The lowest BCUT2D eigenvalue weighted by Crippen LogP contribution is -2.33. The number of nitrogens with zero attached hydrogens (tertiary/aromatic N) is 1. The summed E-state index contributed by atoms with van der Waals surface area (Å²) >= 11 is 0. The Morgan fingerprint density at radius 1 is 1.40 bits per heavy atom. The molecule has 1 aromatic carbocycles. The third kappa shape index (κ3) is 4.05. The molecule has 0 atom stereocenters. The van der Waals surface area contributed by atoms with Crippen molar-refractivity contribution in [3.05, 3.63) is 34.9 Å². The van der Waals surface area contributed by atoms with Gasteiger partial charge in [0, 0.05) is 26.2 Å². The molecule has 0 aliphatic carbocycles. The van der Waals surface area contributed by atoms with Crippen LogP contribution in [0, 0.1) is 5.92 Å². The van der Waals surface area contributed by atoms with Crippen molar-refractivity contribution in [2.24, 2.45) is 5.92 Å². The Labute approximate surface area is 120 Å². The maximum absolute atomic E-state index is 11.0. The van der Waals surface area contributed by atoms with E-state index in [1.54, 1.807) is 12.1 Å². The number of rotatable bonds is 6. The molecule has 0 amide bonds. The molecule has 0 unspecified atom stereocenters. The molecule has 2 rings (SSSR count). The van der Waals surface area contributed by atoms with Crippen LogP contribution in [0.4, 0.5) is 0 Å². The van der Waals surface area contributed by atoms with E-state index in [0.29, 0.717) is 11.5 Å². The molecule has 1 heterocycles. The maximum atomic E-state index is 11.0. The number of ether oxygens (including phenoxy) is 1. The summed E-state index contributed by atoms with van der Waals surface area (Å²) in [5.74, 6) is -0.291. The van der Waals surface area contributed by atoms with Gasteiger partial charge in [-0.25, -0.2) is 4.79 Å². The summed E-state index contributed by atoms with van der Waals surface area (Å²) in [4.78, 5) is 13.3. The first-order valence-electron chi connectivity index (χ1n) is 7.21. The fraction of sp³-hybridized carbons (Fsp3) is 0.562. The number of fused-ring (bicyclic) bond motifs is 1. The van der Waals surface area contributed by atoms with Crippen molar-refractivity contribution >= 4 is 5.97 Å². The highest BCUT2D eigenvalue weighted by Crippen LogP contribution is 2.20. The van der Waals surface area contributed by atoms with Gasteiger partial charge in [0.25, 0.3) is 0 Å². The molecule has 0 fully saturated rings. The summed E-state index contributed by atoms with van der Waals surface area (Å²) < 4.78 is 5.61. The Bertz CT molecular complexity index is 471. The molecule has 1 aliphatic heterocycles. The first kappa shape index (κ1) is 15.0. The lowest BCUT2D eigenvalue weighted by molar-refractivity contribution is 0.0695. The summed E-state index contributed by atoms with van der Waals surface area (Å²) in [7, 11) is 0. The summed E-state index contributed by atoms with van der Waals surface area (Å²) in [6.45, 7) is 8.57. The fourth-order valence-electron chi connectivity index (χ4n) is 2.45. The molecule has 110 valence electrons. The van der Waals surface area contributed by atoms with Crippen LogP contribution < -0.4 is 0 Å². The smallest absolute Gasteiger partial charge is 0.335 e. The lowest BCUT2D eigenvalue weighted by Gasteiger charge is -2.28. The van der Waals surface area contributed by atoms with E-state index in [1.165, 1.54) is 5.56 Å². The normalized spacial score (nSPS) is 15.3. The molecule has 1 aromatic rings. The molecule has 20 heavy (non-hydrogen) atoms. The first-order valence-corrected chi connectivity index (χ1v) is 7.21. The van der Waals surface area contributed by atoms with Gasteiger partial charge in [0.1, 0.15) is 0 Å². The molecule has 4 nitrogen and oxygen atoms in total. The Balaban J connectivity index is 1.89. The molecular weight excluding hydrogens is 254 g/mol. The number of hydrogen-bond donors (Lipinski definition) is 1. The zero-order chi connectivity index (χ0) is 14.5. The number of carbonyl (C=O) groups is 1. The summed E-state index contributed by atoms with van der Waals surface area (Å²) in [6, 6.07) is 5.45. The third-order valence-corrected chi connectivity index (χ3v) is 3.55. The summed E-state index contributed by atoms with van der Waals surface area (Å²) in [5.41, 5.74) is 2.79. The highest BCUT2D eigenvalue weighted by molar-refractivity contribution is 5.87. The van der Waals surface area contributed by atoms with Crippen LogP contribution in [0.25, 0.3) is 0 Å². The van der Waals surface area contributed by atoms with Gasteiger partial charge in [-0.15, -0.1) is 0 Å².